The second-order valence-corrected chi connectivity index (χ2v) is 3.52. The Morgan fingerprint density at radius 1 is 1.24 bits per heavy atom. The predicted molar refractivity (Wildman–Crippen MR) is 62.2 cm³/mol. The van der Waals surface area contributed by atoms with Crippen LogP contribution >= 0.6 is 0 Å². The summed E-state index contributed by atoms with van der Waals surface area (Å²) in [6.45, 7) is 0. The topological polar surface area (TPSA) is 67.4 Å². The number of hydrogen-bond donors (Lipinski definition) is 2. The van der Waals surface area contributed by atoms with Crippen LogP contribution in [0.5, 0.6) is 11.5 Å². The fourth-order valence-electron chi connectivity index (χ4n) is 1.63. The van der Waals surface area contributed by atoms with Crippen molar-refractivity contribution in [2.75, 3.05) is 14.2 Å². The van der Waals surface area contributed by atoms with E-state index in [2.05, 4.69) is 10.2 Å². The Kier molecular flexibility index (Phi) is 3.30. The molecule has 0 aliphatic carbocycles. The van der Waals surface area contributed by atoms with E-state index in [0.29, 0.717) is 22.8 Å². The highest BCUT2D eigenvalue weighted by Gasteiger charge is 2.17. The van der Waals surface area contributed by atoms with Crippen LogP contribution in [0.2, 0.25) is 0 Å². The number of aliphatic hydroxyl groups excluding tert-OH is 1. The number of methoxy groups -OCH3 is 2. The fraction of sp³-hybridized carbons (Fsp3) is 0.250. The van der Waals surface area contributed by atoms with Gasteiger partial charge in [0.15, 0.2) is 0 Å². The van der Waals surface area contributed by atoms with Crippen LogP contribution in [0.4, 0.5) is 0 Å². The van der Waals surface area contributed by atoms with Crippen LogP contribution in [0.3, 0.4) is 0 Å². The summed E-state index contributed by atoms with van der Waals surface area (Å²) < 4.78 is 10.3. The molecule has 1 aromatic heterocycles. The Labute approximate surface area is 99.0 Å². The van der Waals surface area contributed by atoms with Gasteiger partial charge in [-0.25, -0.2) is 0 Å². The number of rotatable bonds is 4. The third kappa shape index (κ3) is 2.24. The lowest BCUT2D eigenvalue weighted by Gasteiger charge is -2.14. The third-order valence-electron chi connectivity index (χ3n) is 2.55. The minimum atomic E-state index is -0.793. The van der Waals surface area contributed by atoms with Gasteiger partial charge in [0.1, 0.15) is 17.6 Å². The molecule has 17 heavy (non-hydrogen) atoms. The summed E-state index contributed by atoms with van der Waals surface area (Å²) in [6, 6.07) is 6.99. The molecule has 0 radical (unpaired) electrons. The lowest BCUT2D eigenvalue weighted by atomic mass is 10.1. The van der Waals surface area contributed by atoms with Gasteiger partial charge in [-0.05, 0) is 18.2 Å². The van der Waals surface area contributed by atoms with Crippen LogP contribution in [0.25, 0.3) is 0 Å². The molecule has 0 aliphatic rings. The van der Waals surface area contributed by atoms with Gasteiger partial charge in [0.2, 0.25) is 0 Å². The quantitative estimate of drug-likeness (QED) is 0.841. The predicted octanol–water partition coefficient (Wildman–Crippen LogP) is 1.51. The number of aromatic nitrogens is 2. The van der Waals surface area contributed by atoms with Gasteiger partial charge < -0.3 is 14.6 Å². The highest BCUT2D eigenvalue weighted by atomic mass is 16.5. The second-order valence-electron chi connectivity index (χ2n) is 3.52. The zero-order valence-electron chi connectivity index (χ0n) is 9.68. The number of nitrogens with zero attached hydrogens (tertiary/aromatic N) is 1. The maximum atomic E-state index is 10.2. The first-order valence-electron chi connectivity index (χ1n) is 5.15. The van der Waals surface area contributed by atoms with Crippen molar-refractivity contribution in [1.29, 1.82) is 0 Å². The van der Waals surface area contributed by atoms with Crippen molar-refractivity contribution in [2.24, 2.45) is 0 Å². The lowest BCUT2D eigenvalue weighted by molar-refractivity contribution is 0.209. The fourth-order valence-corrected chi connectivity index (χ4v) is 1.63. The van der Waals surface area contributed by atoms with E-state index >= 15 is 0 Å². The number of benzene rings is 1. The molecule has 5 heteroatoms. The standard InChI is InChI=1S/C12H14N2O3/c1-16-8-3-4-9(11(7-8)17-2)12(15)10-5-6-13-14-10/h3-7,12,15H,1-2H3,(H,13,14). The van der Waals surface area contributed by atoms with E-state index in [9.17, 15) is 5.11 Å². The van der Waals surface area contributed by atoms with Crippen LogP contribution in [-0.2, 0) is 0 Å². The molecule has 90 valence electrons. The van der Waals surface area contributed by atoms with E-state index in [1.165, 1.54) is 0 Å². The SMILES string of the molecule is COc1ccc(C(O)c2ccn[nH]2)c(OC)c1. The van der Waals surface area contributed by atoms with Crippen molar-refractivity contribution < 1.29 is 14.6 Å². The molecule has 0 aliphatic heterocycles. The van der Waals surface area contributed by atoms with Crippen molar-refractivity contribution in [3.05, 3.63) is 41.7 Å². The molecule has 1 atom stereocenters. The average Bonchev–Trinajstić information content (AvgIpc) is 2.91. The molecule has 0 bridgehead atoms. The highest BCUT2D eigenvalue weighted by Crippen LogP contribution is 2.31. The van der Waals surface area contributed by atoms with Crippen LogP contribution in [-0.4, -0.2) is 29.5 Å². The van der Waals surface area contributed by atoms with Gasteiger partial charge in [0.25, 0.3) is 0 Å². The van der Waals surface area contributed by atoms with Crippen molar-refractivity contribution >= 4 is 0 Å². The van der Waals surface area contributed by atoms with E-state index in [1.54, 1.807) is 44.7 Å². The first-order chi connectivity index (χ1) is 8.26. The molecule has 0 fully saturated rings. The minimum absolute atomic E-state index is 0.575. The van der Waals surface area contributed by atoms with E-state index in [4.69, 9.17) is 9.47 Å². The molecule has 5 nitrogen and oxygen atoms in total. The van der Waals surface area contributed by atoms with Crippen LogP contribution in [0, 0.1) is 0 Å². The Hall–Kier alpha value is -2.01. The van der Waals surface area contributed by atoms with E-state index < -0.39 is 6.10 Å². The summed E-state index contributed by atoms with van der Waals surface area (Å²) in [5, 5.41) is 16.7. The molecule has 1 heterocycles. The lowest BCUT2D eigenvalue weighted by Crippen LogP contribution is -2.03. The molecule has 0 amide bonds. The monoisotopic (exact) mass is 234 g/mol. The number of aromatic amines is 1. The zero-order chi connectivity index (χ0) is 12.3. The Morgan fingerprint density at radius 2 is 2.06 bits per heavy atom. The van der Waals surface area contributed by atoms with Crippen molar-refractivity contribution in [1.82, 2.24) is 10.2 Å². The van der Waals surface area contributed by atoms with E-state index in [1.807, 2.05) is 0 Å². The molecule has 1 aromatic carbocycles. The summed E-state index contributed by atoms with van der Waals surface area (Å²) in [6.07, 6.45) is 0.799. The van der Waals surface area contributed by atoms with E-state index in [-0.39, 0.29) is 0 Å². The minimum Gasteiger partial charge on any atom is -0.497 e. The zero-order valence-corrected chi connectivity index (χ0v) is 9.68. The van der Waals surface area contributed by atoms with E-state index in [0.717, 1.165) is 0 Å². The maximum Gasteiger partial charge on any atom is 0.128 e. The van der Waals surface area contributed by atoms with Gasteiger partial charge in [-0.15, -0.1) is 0 Å². The van der Waals surface area contributed by atoms with Crippen LogP contribution in [0.15, 0.2) is 30.5 Å². The normalized spacial score (nSPS) is 12.2. The maximum absolute atomic E-state index is 10.2. The molecule has 2 aromatic rings. The molecule has 2 rings (SSSR count). The van der Waals surface area contributed by atoms with Crippen molar-refractivity contribution in [3.8, 4) is 11.5 Å². The van der Waals surface area contributed by atoms with Gasteiger partial charge in [-0.3, -0.25) is 5.10 Å². The first kappa shape index (κ1) is 11.5. The first-order valence-corrected chi connectivity index (χ1v) is 5.15. The largest absolute Gasteiger partial charge is 0.497 e. The Balaban J connectivity index is 2.38. The number of hydrogen-bond acceptors (Lipinski definition) is 4. The summed E-state index contributed by atoms with van der Waals surface area (Å²) in [4.78, 5) is 0. The molecule has 2 N–H and O–H groups in total. The number of ether oxygens (including phenoxy) is 2. The van der Waals surface area contributed by atoms with Gasteiger partial charge in [-0.2, -0.15) is 5.10 Å². The summed E-state index contributed by atoms with van der Waals surface area (Å²) in [7, 11) is 3.14. The molecular weight excluding hydrogens is 220 g/mol. The highest BCUT2D eigenvalue weighted by molar-refractivity contribution is 5.44. The molecular formula is C12H14N2O3. The number of nitrogens with one attached hydrogen (secondary N) is 1. The molecule has 0 spiro atoms. The number of H-pyrrole nitrogens is 1. The Bertz CT molecular complexity index is 483. The average molecular weight is 234 g/mol. The molecule has 0 saturated carbocycles. The third-order valence-corrected chi connectivity index (χ3v) is 2.55. The van der Waals surface area contributed by atoms with Gasteiger partial charge in [0, 0.05) is 17.8 Å². The summed E-state index contributed by atoms with van der Waals surface area (Å²) >= 11 is 0. The number of aliphatic hydroxyl groups is 1. The second kappa shape index (κ2) is 4.88. The summed E-state index contributed by atoms with van der Waals surface area (Å²) in [5.41, 5.74) is 1.28. The Morgan fingerprint density at radius 3 is 2.65 bits per heavy atom. The molecule has 1 unspecified atom stereocenters. The van der Waals surface area contributed by atoms with Gasteiger partial charge in [0.05, 0.1) is 19.9 Å². The smallest absolute Gasteiger partial charge is 0.128 e. The van der Waals surface area contributed by atoms with Crippen LogP contribution < -0.4 is 9.47 Å². The van der Waals surface area contributed by atoms with Crippen molar-refractivity contribution in [3.63, 3.8) is 0 Å². The summed E-state index contributed by atoms with van der Waals surface area (Å²) in [5.74, 6) is 1.26. The molecule has 0 saturated heterocycles. The van der Waals surface area contributed by atoms with Gasteiger partial charge in [-0.1, -0.05) is 0 Å². The van der Waals surface area contributed by atoms with Crippen molar-refractivity contribution in [2.45, 2.75) is 6.10 Å². The van der Waals surface area contributed by atoms with Gasteiger partial charge >= 0.3 is 0 Å². The van der Waals surface area contributed by atoms with Crippen LogP contribution in [0.1, 0.15) is 17.4 Å².